The maximum absolute atomic E-state index is 12.4. The Hall–Kier alpha value is -1.56. The molecule has 2 N–H and O–H groups in total. The SMILES string of the molecule is O=C(O)c1ccccc1-c1c2cc(Cl)c(=O)c(I)c-2oc2c(I)c(O)c(Cl)cc12. The smallest absolute Gasteiger partial charge is 0.336 e. The third-order valence-corrected chi connectivity index (χ3v) is 7.00. The molecule has 0 unspecified atom stereocenters. The van der Waals surface area contributed by atoms with Crippen molar-refractivity contribution in [2.75, 3.05) is 0 Å². The molecule has 29 heavy (non-hydrogen) atoms. The van der Waals surface area contributed by atoms with Crippen LogP contribution in [0.1, 0.15) is 10.4 Å². The van der Waals surface area contributed by atoms with Crippen molar-refractivity contribution >= 4 is 85.3 Å². The Kier molecular flexibility index (Phi) is 5.43. The van der Waals surface area contributed by atoms with Gasteiger partial charge in [0.1, 0.15) is 3.57 Å². The summed E-state index contributed by atoms with van der Waals surface area (Å²) in [7, 11) is 0. The van der Waals surface area contributed by atoms with E-state index in [-0.39, 0.29) is 36.3 Å². The summed E-state index contributed by atoms with van der Waals surface area (Å²) in [5.74, 6) is -1.02. The van der Waals surface area contributed by atoms with Gasteiger partial charge in [0.2, 0.25) is 5.43 Å². The Morgan fingerprint density at radius 2 is 1.69 bits per heavy atom. The lowest BCUT2D eigenvalue weighted by Crippen LogP contribution is -2.10. The molecule has 0 fully saturated rings. The van der Waals surface area contributed by atoms with E-state index in [1.807, 2.05) is 45.2 Å². The fourth-order valence-electron chi connectivity index (χ4n) is 3.17. The minimum Gasteiger partial charge on any atom is -0.505 e. The molecule has 1 aliphatic carbocycles. The lowest BCUT2D eigenvalue weighted by Gasteiger charge is -2.19. The summed E-state index contributed by atoms with van der Waals surface area (Å²) in [5.41, 5.74) is 1.34. The van der Waals surface area contributed by atoms with Crippen LogP contribution in [0.5, 0.6) is 5.75 Å². The largest absolute Gasteiger partial charge is 0.505 e. The Labute approximate surface area is 200 Å². The van der Waals surface area contributed by atoms with E-state index in [0.29, 0.717) is 25.6 Å². The van der Waals surface area contributed by atoms with Crippen molar-refractivity contribution in [3.05, 3.63) is 69.4 Å². The molecule has 2 aromatic rings. The van der Waals surface area contributed by atoms with Crippen molar-refractivity contribution in [3.8, 4) is 28.2 Å². The first-order valence-electron chi connectivity index (χ1n) is 8.00. The third kappa shape index (κ3) is 3.28. The molecule has 0 saturated carbocycles. The van der Waals surface area contributed by atoms with Gasteiger partial charge in [-0.1, -0.05) is 41.4 Å². The first-order chi connectivity index (χ1) is 13.7. The second-order valence-corrected chi connectivity index (χ2v) is 9.08. The number of fused-ring (bicyclic) bond motifs is 2. The zero-order valence-corrected chi connectivity index (χ0v) is 19.9. The van der Waals surface area contributed by atoms with Gasteiger partial charge in [-0.25, -0.2) is 4.79 Å². The molecule has 0 saturated heterocycles. The molecule has 2 aromatic carbocycles. The predicted molar refractivity (Wildman–Crippen MR) is 129 cm³/mol. The minimum atomic E-state index is -1.11. The van der Waals surface area contributed by atoms with Crippen LogP contribution in [0.15, 0.2) is 45.6 Å². The summed E-state index contributed by atoms with van der Waals surface area (Å²) in [4.78, 5) is 24.3. The van der Waals surface area contributed by atoms with Gasteiger partial charge < -0.3 is 14.6 Å². The number of hydrogen-bond acceptors (Lipinski definition) is 4. The minimum absolute atomic E-state index is 0.00919. The Morgan fingerprint density at radius 1 is 1.00 bits per heavy atom. The van der Waals surface area contributed by atoms with Gasteiger partial charge in [0.15, 0.2) is 17.1 Å². The van der Waals surface area contributed by atoms with E-state index in [0.717, 1.165) is 0 Å². The number of carboxylic acids is 1. The highest BCUT2D eigenvalue weighted by molar-refractivity contribution is 14.1. The van der Waals surface area contributed by atoms with Crippen LogP contribution in [0.2, 0.25) is 10.0 Å². The summed E-state index contributed by atoms with van der Waals surface area (Å²) in [5, 5.41) is 20.5. The molecule has 0 radical (unpaired) electrons. The van der Waals surface area contributed by atoms with Crippen molar-refractivity contribution < 1.29 is 19.4 Å². The number of benzene rings is 3. The van der Waals surface area contributed by atoms with Crippen LogP contribution >= 0.6 is 68.4 Å². The van der Waals surface area contributed by atoms with Crippen LogP contribution < -0.4 is 5.43 Å². The second kappa shape index (κ2) is 7.60. The Morgan fingerprint density at radius 3 is 2.38 bits per heavy atom. The molecule has 5 nitrogen and oxygen atoms in total. The standard InChI is InChI=1S/C20H8Cl2I2O5/c21-11-5-9-13(7-3-1-2-4-8(7)20(27)28)10-6-12(22)17(26)15(24)19(10)29-18(9)14(23)16(11)25/h1-6,25H,(H,27,28). The fourth-order valence-corrected chi connectivity index (χ4v) is 5.28. The van der Waals surface area contributed by atoms with Crippen LogP contribution in [0, 0.1) is 7.14 Å². The monoisotopic (exact) mass is 652 g/mol. The number of carboxylic acid groups (broad SMARTS) is 1. The number of phenolic OH excluding ortho intramolecular Hbond substituents is 1. The topological polar surface area (TPSA) is 87.7 Å². The number of aromatic carboxylic acids is 1. The molecule has 0 bridgehead atoms. The zero-order chi connectivity index (χ0) is 21.0. The van der Waals surface area contributed by atoms with Gasteiger partial charge >= 0.3 is 5.97 Å². The molecule has 9 heteroatoms. The van der Waals surface area contributed by atoms with Crippen LogP contribution in [0.3, 0.4) is 0 Å². The van der Waals surface area contributed by atoms with Crippen molar-refractivity contribution in [3.63, 3.8) is 0 Å². The highest BCUT2D eigenvalue weighted by Gasteiger charge is 2.27. The van der Waals surface area contributed by atoms with Crippen molar-refractivity contribution in [2.24, 2.45) is 0 Å². The lowest BCUT2D eigenvalue weighted by atomic mass is 9.91. The van der Waals surface area contributed by atoms with Crippen molar-refractivity contribution in [1.29, 1.82) is 0 Å². The molecular weight excluding hydrogens is 645 g/mol. The predicted octanol–water partition coefficient (Wildman–Crippen LogP) is 6.48. The van der Waals surface area contributed by atoms with E-state index in [2.05, 4.69) is 0 Å². The van der Waals surface area contributed by atoms with E-state index >= 15 is 0 Å². The van der Waals surface area contributed by atoms with E-state index in [4.69, 9.17) is 27.6 Å². The first kappa shape index (κ1) is 20.7. The van der Waals surface area contributed by atoms with Crippen molar-refractivity contribution in [1.82, 2.24) is 0 Å². The van der Waals surface area contributed by atoms with Gasteiger partial charge in [-0.2, -0.15) is 0 Å². The summed E-state index contributed by atoms with van der Waals surface area (Å²) in [6.07, 6.45) is 0. The summed E-state index contributed by atoms with van der Waals surface area (Å²) < 4.78 is 6.60. The van der Waals surface area contributed by atoms with Crippen LogP contribution in [-0.2, 0) is 0 Å². The number of phenols is 1. The highest BCUT2D eigenvalue weighted by atomic mass is 127. The van der Waals surface area contributed by atoms with Gasteiger partial charge in [0, 0.05) is 16.5 Å². The first-order valence-corrected chi connectivity index (χ1v) is 10.9. The molecule has 1 heterocycles. The molecule has 0 spiro atoms. The Balaban J connectivity index is 2.34. The van der Waals surface area contributed by atoms with Gasteiger partial charge in [0.05, 0.1) is 19.2 Å². The normalized spacial score (nSPS) is 11.3. The van der Waals surface area contributed by atoms with Crippen LogP contribution in [0.25, 0.3) is 33.4 Å². The fraction of sp³-hybridized carbons (Fsp3) is 0. The molecule has 146 valence electrons. The van der Waals surface area contributed by atoms with E-state index in [9.17, 15) is 19.8 Å². The number of carbonyl (C=O) groups is 1. The molecular formula is C20H8Cl2I2O5. The molecule has 0 amide bonds. The summed E-state index contributed by atoms with van der Waals surface area (Å²) >= 11 is 16.1. The number of rotatable bonds is 2. The number of halogens is 4. The quantitative estimate of drug-likeness (QED) is 0.191. The lowest BCUT2D eigenvalue weighted by molar-refractivity contribution is 0.0697. The molecule has 4 rings (SSSR count). The highest BCUT2D eigenvalue weighted by Crippen LogP contribution is 2.47. The molecule has 2 aliphatic rings. The average molecular weight is 653 g/mol. The van der Waals surface area contributed by atoms with Crippen molar-refractivity contribution in [2.45, 2.75) is 0 Å². The van der Waals surface area contributed by atoms with Crippen LogP contribution in [-0.4, -0.2) is 16.2 Å². The van der Waals surface area contributed by atoms with Crippen LogP contribution in [0.4, 0.5) is 0 Å². The maximum atomic E-state index is 12.4. The number of hydrogen-bond donors (Lipinski definition) is 2. The van der Waals surface area contributed by atoms with E-state index in [1.54, 1.807) is 18.2 Å². The van der Waals surface area contributed by atoms with E-state index in [1.165, 1.54) is 18.2 Å². The second-order valence-electron chi connectivity index (χ2n) is 6.10. The molecule has 0 aromatic heterocycles. The molecule has 0 atom stereocenters. The maximum Gasteiger partial charge on any atom is 0.336 e. The van der Waals surface area contributed by atoms with Gasteiger partial charge in [0.25, 0.3) is 0 Å². The zero-order valence-electron chi connectivity index (χ0n) is 14.1. The Bertz CT molecular complexity index is 1360. The number of aromatic hydroxyl groups is 1. The summed E-state index contributed by atoms with van der Waals surface area (Å²) in [6.45, 7) is 0. The third-order valence-electron chi connectivity index (χ3n) is 4.45. The summed E-state index contributed by atoms with van der Waals surface area (Å²) in [6, 6.07) is 9.46. The van der Waals surface area contributed by atoms with E-state index < -0.39 is 11.4 Å². The van der Waals surface area contributed by atoms with Gasteiger partial charge in [-0.05, 0) is 68.9 Å². The average Bonchev–Trinajstić information content (AvgIpc) is 2.69. The van der Waals surface area contributed by atoms with Gasteiger partial charge in [-0.3, -0.25) is 4.79 Å². The molecule has 1 aliphatic heterocycles. The van der Waals surface area contributed by atoms with Gasteiger partial charge in [-0.15, -0.1) is 0 Å².